The van der Waals surface area contributed by atoms with Crippen LogP contribution in [-0.4, -0.2) is 18.1 Å². The second-order valence-electron chi connectivity index (χ2n) is 4.76. The molecule has 0 bridgehead atoms. The molecule has 0 aliphatic rings. The highest BCUT2D eigenvalue weighted by atomic mass is 16.5. The van der Waals surface area contributed by atoms with E-state index in [4.69, 9.17) is 9.15 Å². The van der Waals surface area contributed by atoms with Gasteiger partial charge in [-0.05, 0) is 38.5 Å². The number of nitrogens with zero attached hydrogens (tertiary/aromatic N) is 1. The predicted molar refractivity (Wildman–Crippen MR) is 75.8 cm³/mol. The van der Waals surface area contributed by atoms with Crippen LogP contribution in [0.25, 0.3) is 0 Å². The van der Waals surface area contributed by atoms with Crippen molar-refractivity contribution < 1.29 is 9.15 Å². The average Bonchev–Trinajstić information content (AvgIpc) is 2.72. The number of aryl methyl sites for hydroxylation is 1. The maximum Gasteiger partial charge on any atom is 0.294 e. The molecule has 0 saturated carbocycles. The molecule has 2 rings (SSSR count). The van der Waals surface area contributed by atoms with Crippen molar-refractivity contribution in [1.82, 2.24) is 4.98 Å². The van der Waals surface area contributed by atoms with Crippen molar-refractivity contribution in [2.24, 2.45) is 0 Å². The lowest BCUT2D eigenvalue weighted by Crippen LogP contribution is -2.05. The third kappa shape index (κ3) is 3.50. The van der Waals surface area contributed by atoms with Gasteiger partial charge < -0.3 is 14.5 Å². The maximum absolute atomic E-state index is 5.62. The fourth-order valence-corrected chi connectivity index (χ4v) is 1.84. The van der Waals surface area contributed by atoms with Crippen molar-refractivity contribution in [2.45, 2.75) is 33.3 Å². The molecule has 19 heavy (non-hydrogen) atoms. The first-order chi connectivity index (χ1) is 9.08. The Hall–Kier alpha value is -1.97. The lowest BCUT2D eigenvalue weighted by molar-refractivity contribution is 0.242. The SMILES string of the molecule is CNc1nc(C)c(Cc2ccc(OC(C)C)cc2)o1. The molecule has 0 radical (unpaired) electrons. The monoisotopic (exact) mass is 260 g/mol. The van der Waals surface area contributed by atoms with Crippen molar-refractivity contribution in [3.05, 3.63) is 41.3 Å². The molecule has 0 saturated heterocycles. The molecule has 0 aliphatic carbocycles. The van der Waals surface area contributed by atoms with Gasteiger partial charge in [0.05, 0.1) is 11.8 Å². The van der Waals surface area contributed by atoms with Crippen LogP contribution in [-0.2, 0) is 6.42 Å². The maximum atomic E-state index is 5.62. The molecule has 0 fully saturated rings. The van der Waals surface area contributed by atoms with E-state index in [1.807, 2.05) is 32.9 Å². The Labute approximate surface area is 113 Å². The minimum Gasteiger partial charge on any atom is -0.491 e. The molecule has 0 aliphatic heterocycles. The molecule has 4 nitrogen and oxygen atoms in total. The minimum atomic E-state index is 0.195. The van der Waals surface area contributed by atoms with Crippen LogP contribution in [0.1, 0.15) is 30.9 Å². The number of benzene rings is 1. The molecule has 102 valence electrons. The topological polar surface area (TPSA) is 47.3 Å². The molecule has 0 amide bonds. The normalized spacial score (nSPS) is 10.8. The Bertz CT molecular complexity index is 530. The van der Waals surface area contributed by atoms with Gasteiger partial charge in [-0.2, -0.15) is 4.98 Å². The highest BCUT2D eigenvalue weighted by Crippen LogP contribution is 2.20. The molecular formula is C15H20N2O2. The molecule has 1 heterocycles. The van der Waals surface area contributed by atoms with Crippen molar-refractivity contribution in [3.8, 4) is 5.75 Å². The van der Waals surface area contributed by atoms with E-state index in [1.54, 1.807) is 7.05 Å². The van der Waals surface area contributed by atoms with Crippen LogP contribution in [0.2, 0.25) is 0 Å². The van der Waals surface area contributed by atoms with E-state index in [1.165, 1.54) is 5.56 Å². The number of oxazole rings is 1. The summed E-state index contributed by atoms with van der Waals surface area (Å²) in [5.74, 6) is 1.78. The number of ether oxygens (including phenoxy) is 1. The molecule has 4 heteroatoms. The number of rotatable bonds is 5. The zero-order valence-electron chi connectivity index (χ0n) is 11.9. The van der Waals surface area contributed by atoms with Crippen molar-refractivity contribution in [2.75, 3.05) is 12.4 Å². The van der Waals surface area contributed by atoms with Gasteiger partial charge >= 0.3 is 0 Å². The third-order valence-electron chi connectivity index (χ3n) is 2.77. The lowest BCUT2D eigenvalue weighted by atomic mass is 10.1. The molecule has 1 aromatic carbocycles. The molecule has 0 unspecified atom stereocenters. The van der Waals surface area contributed by atoms with E-state index >= 15 is 0 Å². The smallest absolute Gasteiger partial charge is 0.294 e. The Kier molecular flexibility index (Phi) is 4.10. The highest BCUT2D eigenvalue weighted by Gasteiger charge is 2.09. The largest absolute Gasteiger partial charge is 0.491 e. The van der Waals surface area contributed by atoms with Gasteiger partial charge in [-0.3, -0.25) is 0 Å². The number of aromatic nitrogens is 1. The van der Waals surface area contributed by atoms with Crippen molar-refractivity contribution >= 4 is 6.01 Å². The summed E-state index contributed by atoms with van der Waals surface area (Å²) in [6.45, 7) is 5.99. The summed E-state index contributed by atoms with van der Waals surface area (Å²) in [4.78, 5) is 4.28. The number of anilines is 1. The summed E-state index contributed by atoms with van der Waals surface area (Å²) in [5, 5.41) is 2.91. The minimum absolute atomic E-state index is 0.195. The molecule has 1 N–H and O–H groups in total. The second kappa shape index (κ2) is 5.78. The summed E-state index contributed by atoms with van der Waals surface area (Å²) in [7, 11) is 1.80. The molecular weight excluding hydrogens is 240 g/mol. The summed E-state index contributed by atoms with van der Waals surface area (Å²) < 4.78 is 11.2. The molecule has 0 spiro atoms. The highest BCUT2D eigenvalue weighted by molar-refractivity contribution is 5.32. The molecule has 1 aromatic heterocycles. The van der Waals surface area contributed by atoms with Crippen LogP contribution >= 0.6 is 0 Å². The molecule has 2 aromatic rings. The van der Waals surface area contributed by atoms with Crippen LogP contribution in [0.5, 0.6) is 5.75 Å². The van der Waals surface area contributed by atoms with E-state index in [2.05, 4.69) is 22.4 Å². The number of nitrogens with one attached hydrogen (secondary N) is 1. The zero-order valence-corrected chi connectivity index (χ0v) is 11.9. The summed E-state index contributed by atoms with van der Waals surface area (Å²) in [6, 6.07) is 8.64. The summed E-state index contributed by atoms with van der Waals surface area (Å²) >= 11 is 0. The summed E-state index contributed by atoms with van der Waals surface area (Å²) in [5.41, 5.74) is 2.10. The van der Waals surface area contributed by atoms with E-state index in [9.17, 15) is 0 Å². The fraction of sp³-hybridized carbons (Fsp3) is 0.400. The third-order valence-corrected chi connectivity index (χ3v) is 2.77. The fourth-order valence-electron chi connectivity index (χ4n) is 1.84. The van der Waals surface area contributed by atoms with Gasteiger partial charge in [-0.25, -0.2) is 0 Å². The van der Waals surface area contributed by atoms with Crippen molar-refractivity contribution in [1.29, 1.82) is 0 Å². The lowest BCUT2D eigenvalue weighted by Gasteiger charge is -2.09. The first-order valence-electron chi connectivity index (χ1n) is 6.48. The van der Waals surface area contributed by atoms with Crippen LogP contribution < -0.4 is 10.1 Å². The standard InChI is InChI=1S/C15H20N2O2/c1-10(2)18-13-7-5-12(6-8-13)9-14-11(3)17-15(16-4)19-14/h5-8,10H,9H2,1-4H3,(H,16,17). The Morgan fingerprint density at radius 2 is 1.95 bits per heavy atom. The zero-order chi connectivity index (χ0) is 13.8. The van der Waals surface area contributed by atoms with Gasteiger partial charge in [-0.1, -0.05) is 12.1 Å². The summed E-state index contributed by atoms with van der Waals surface area (Å²) in [6.07, 6.45) is 0.934. The van der Waals surface area contributed by atoms with Gasteiger partial charge in [0.15, 0.2) is 0 Å². The Balaban J connectivity index is 2.08. The number of hydrogen-bond acceptors (Lipinski definition) is 4. The number of hydrogen-bond donors (Lipinski definition) is 1. The van der Waals surface area contributed by atoms with Gasteiger partial charge in [-0.15, -0.1) is 0 Å². The Morgan fingerprint density at radius 1 is 1.26 bits per heavy atom. The van der Waals surface area contributed by atoms with Crippen LogP contribution in [0.3, 0.4) is 0 Å². The van der Waals surface area contributed by atoms with Gasteiger partial charge in [0.2, 0.25) is 0 Å². The van der Waals surface area contributed by atoms with Crippen LogP contribution in [0, 0.1) is 6.92 Å². The van der Waals surface area contributed by atoms with E-state index in [0.29, 0.717) is 6.01 Å². The van der Waals surface area contributed by atoms with E-state index in [0.717, 1.165) is 23.6 Å². The Morgan fingerprint density at radius 3 is 2.47 bits per heavy atom. The van der Waals surface area contributed by atoms with Gasteiger partial charge in [0.1, 0.15) is 11.5 Å². The molecule has 0 atom stereocenters. The van der Waals surface area contributed by atoms with Crippen LogP contribution in [0.15, 0.2) is 28.7 Å². The predicted octanol–water partition coefficient (Wildman–Crippen LogP) is 3.40. The van der Waals surface area contributed by atoms with Gasteiger partial charge in [0.25, 0.3) is 6.01 Å². The average molecular weight is 260 g/mol. The first kappa shape index (κ1) is 13.5. The quantitative estimate of drug-likeness (QED) is 0.895. The first-order valence-corrected chi connectivity index (χ1v) is 6.48. The van der Waals surface area contributed by atoms with Crippen molar-refractivity contribution in [3.63, 3.8) is 0 Å². The van der Waals surface area contributed by atoms with Gasteiger partial charge in [0, 0.05) is 13.5 Å². The van der Waals surface area contributed by atoms with E-state index in [-0.39, 0.29) is 6.10 Å². The second-order valence-corrected chi connectivity index (χ2v) is 4.76. The van der Waals surface area contributed by atoms with E-state index < -0.39 is 0 Å². The van der Waals surface area contributed by atoms with Crippen LogP contribution in [0.4, 0.5) is 6.01 Å².